The normalized spacial score (nSPS) is 10.5. The number of hydrogen-bond donors (Lipinski definition) is 0. The summed E-state index contributed by atoms with van der Waals surface area (Å²) in [6.45, 7) is 10.8. The molecule has 26 heavy (non-hydrogen) atoms. The molecule has 0 amide bonds. The SMILES string of the molecule is C=CC(=O)Oc1c2ccc(C)cc2c(OC(=O)C=C)c2cc(C)ccc12. The fourth-order valence-electron chi connectivity index (χ4n) is 2.88. The highest BCUT2D eigenvalue weighted by Crippen LogP contribution is 2.43. The first-order valence-corrected chi connectivity index (χ1v) is 8.09. The first kappa shape index (κ1) is 17.4. The molecule has 0 heterocycles. The van der Waals surface area contributed by atoms with E-state index < -0.39 is 11.9 Å². The van der Waals surface area contributed by atoms with Gasteiger partial charge in [0.2, 0.25) is 0 Å². The molecule has 130 valence electrons. The number of rotatable bonds is 4. The summed E-state index contributed by atoms with van der Waals surface area (Å²) in [4.78, 5) is 23.8. The Morgan fingerprint density at radius 2 is 1.12 bits per heavy atom. The van der Waals surface area contributed by atoms with Crippen LogP contribution in [-0.2, 0) is 9.59 Å². The molecule has 0 spiro atoms. The van der Waals surface area contributed by atoms with Gasteiger partial charge in [0, 0.05) is 33.7 Å². The van der Waals surface area contributed by atoms with Crippen molar-refractivity contribution in [2.24, 2.45) is 0 Å². The molecule has 0 N–H and O–H groups in total. The van der Waals surface area contributed by atoms with Gasteiger partial charge in [0.15, 0.2) is 0 Å². The van der Waals surface area contributed by atoms with Crippen LogP contribution in [0.1, 0.15) is 11.1 Å². The van der Waals surface area contributed by atoms with E-state index in [0.717, 1.165) is 23.3 Å². The number of ether oxygens (including phenoxy) is 2. The highest BCUT2D eigenvalue weighted by Gasteiger charge is 2.19. The second-order valence-electron chi connectivity index (χ2n) is 6.01. The molecular formula is C22H18O4. The lowest BCUT2D eigenvalue weighted by atomic mass is 9.98. The zero-order valence-electron chi connectivity index (χ0n) is 14.7. The fourth-order valence-corrected chi connectivity index (χ4v) is 2.88. The predicted molar refractivity (Wildman–Crippen MR) is 103 cm³/mol. The lowest BCUT2D eigenvalue weighted by molar-refractivity contribution is -0.129. The van der Waals surface area contributed by atoms with Crippen molar-refractivity contribution in [2.75, 3.05) is 0 Å². The molecule has 0 saturated heterocycles. The van der Waals surface area contributed by atoms with Crippen LogP contribution >= 0.6 is 0 Å². The molecule has 4 heteroatoms. The molecule has 3 aromatic rings. The van der Waals surface area contributed by atoms with E-state index in [1.165, 1.54) is 0 Å². The molecule has 0 bridgehead atoms. The maximum atomic E-state index is 11.9. The van der Waals surface area contributed by atoms with Gasteiger partial charge in [0.05, 0.1) is 0 Å². The molecule has 0 aromatic heterocycles. The molecule has 0 radical (unpaired) electrons. The average Bonchev–Trinajstić information content (AvgIpc) is 2.63. The second kappa shape index (κ2) is 6.84. The Labute approximate surface area is 151 Å². The van der Waals surface area contributed by atoms with Gasteiger partial charge >= 0.3 is 11.9 Å². The van der Waals surface area contributed by atoms with Crippen molar-refractivity contribution in [1.82, 2.24) is 0 Å². The van der Waals surface area contributed by atoms with Gasteiger partial charge in [0.1, 0.15) is 11.5 Å². The van der Waals surface area contributed by atoms with Crippen LogP contribution in [0.25, 0.3) is 21.5 Å². The van der Waals surface area contributed by atoms with Crippen LogP contribution in [0.4, 0.5) is 0 Å². The quantitative estimate of drug-likeness (QED) is 0.295. The van der Waals surface area contributed by atoms with E-state index in [-0.39, 0.29) is 0 Å². The van der Waals surface area contributed by atoms with Crippen LogP contribution in [0.3, 0.4) is 0 Å². The van der Waals surface area contributed by atoms with Crippen molar-refractivity contribution in [2.45, 2.75) is 13.8 Å². The van der Waals surface area contributed by atoms with E-state index in [1.807, 2.05) is 50.2 Å². The highest BCUT2D eigenvalue weighted by atomic mass is 16.5. The molecule has 3 rings (SSSR count). The Balaban J connectivity index is 2.47. The number of carbonyl (C=O) groups excluding carboxylic acids is 2. The first-order chi connectivity index (χ1) is 12.4. The minimum Gasteiger partial charge on any atom is -0.422 e. The van der Waals surface area contributed by atoms with Gasteiger partial charge in [0.25, 0.3) is 0 Å². The molecule has 0 saturated carbocycles. The molecule has 4 nitrogen and oxygen atoms in total. The maximum Gasteiger partial charge on any atom is 0.335 e. The van der Waals surface area contributed by atoms with E-state index in [0.29, 0.717) is 33.0 Å². The first-order valence-electron chi connectivity index (χ1n) is 8.09. The lowest BCUT2D eigenvalue weighted by Gasteiger charge is -2.16. The molecule has 0 fully saturated rings. The van der Waals surface area contributed by atoms with Gasteiger partial charge < -0.3 is 9.47 Å². The Bertz CT molecular complexity index is 1010. The van der Waals surface area contributed by atoms with E-state index in [1.54, 1.807) is 0 Å². The number of fused-ring (bicyclic) bond motifs is 2. The van der Waals surface area contributed by atoms with E-state index in [2.05, 4.69) is 13.2 Å². The van der Waals surface area contributed by atoms with Gasteiger partial charge in [-0.3, -0.25) is 0 Å². The van der Waals surface area contributed by atoms with Crippen LogP contribution in [0.5, 0.6) is 11.5 Å². The topological polar surface area (TPSA) is 52.6 Å². The van der Waals surface area contributed by atoms with Crippen molar-refractivity contribution in [1.29, 1.82) is 0 Å². The summed E-state index contributed by atoms with van der Waals surface area (Å²) in [5.74, 6) is -0.264. The molecule has 0 aliphatic carbocycles. The van der Waals surface area contributed by atoms with Gasteiger partial charge in [-0.2, -0.15) is 0 Å². The summed E-state index contributed by atoms with van der Waals surface area (Å²) in [6.07, 6.45) is 2.24. The minimum atomic E-state index is -0.551. The predicted octanol–water partition coefficient (Wildman–Crippen LogP) is 4.79. The van der Waals surface area contributed by atoms with Crippen molar-refractivity contribution in [3.63, 3.8) is 0 Å². The largest absolute Gasteiger partial charge is 0.422 e. The third-order valence-corrected chi connectivity index (χ3v) is 4.07. The molecule has 0 unspecified atom stereocenters. The van der Waals surface area contributed by atoms with Gasteiger partial charge in [-0.1, -0.05) is 48.6 Å². The molecule has 0 aliphatic heterocycles. The van der Waals surface area contributed by atoms with Crippen molar-refractivity contribution < 1.29 is 19.1 Å². The average molecular weight is 346 g/mol. The summed E-state index contributed by atoms with van der Waals surface area (Å²) in [7, 11) is 0. The highest BCUT2D eigenvalue weighted by molar-refractivity contribution is 6.13. The standard InChI is InChI=1S/C22H18O4/c1-5-19(23)25-21-15-9-7-13(3)11-17(15)22(26-20(24)6-2)18-12-14(4)8-10-16(18)21/h5-12H,1-2H2,3-4H3. The monoisotopic (exact) mass is 346 g/mol. The zero-order chi connectivity index (χ0) is 18.8. The summed E-state index contributed by atoms with van der Waals surface area (Å²) in [5, 5.41) is 2.72. The Hall–Kier alpha value is -3.40. The lowest BCUT2D eigenvalue weighted by Crippen LogP contribution is -2.07. The number of hydrogen-bond acceptors (Lipinski definition) is 4. The molecular weight excluding hydrogens is 328 g/mol. The summed E-state index contributed by atoms with van der Waals surface area (Å²) in [5.41, 5.74) is 1.97. The van der Waals surface area contributed by atoms with Crippen LogP contribution in [0.15, 0.2) is 61.7 Å². The number of carbonyl (C=O) groups is 2. The van der Waals surface area contributed by atoms with Crippen molar-refractivity contribution >= 4 is 33.5 Å². The van der Waals surface area contributed by atoms with E-state index in [9.17, 15) is 9.59 Å². The number of aryl methyl sites for hydroxylation is 2. The van der Waals surface area contributed by atoms with Crippen molar-refractivity contribution in [3.8, 4) is 11.5 Å². The Morgan fingerprint density at radius 3 is 1.50 bits per heavy atom. The van der Waals surface area contributed by atoms with Crippen molar-refractivity contribution in [3.05, 3.63) is 72.8 Å². The Morgan fingerprint density at radius 1 is 0.731 bits per heavy atom. The Kier molecular flexibility index (Phi) is 4.59. The molecule has 0 aliphatic rings. The van der Waals surface area contributed by atoms with Gasteiger partial charge in [-0.15, -0.1) is 0 Å². The third-order valence-electron chi connectivity index (χ3n) is 4.07. The van der Waals surface area contributed by atoms with Gasteiger partial charge in [-0.25, -0.2) is 9.59 Å². The van der Waals surface area contributed by atoms with Crippen LogP contribution in [0.2, 0.25) is 0 Å². The summed E-state index contributed by atoms with van der Waals surface area (Å²) >= 11 is 0. The van der Waals surface area contributed by atoms with Crippen LogP contribution in [-0.4, -0.2) is 11.9 Å². The minimum absolute atomic E-state index is 0.415. The van der Waals surface area contributed by atoms with Gasteiger partial charge in [-0.05, 0) is 26.0 Å². The fraction of sp³-hybridized carbons (Fsp3) is 0.0909. The summed E-state index contributed by atoms with van der Waals surface area (Å²) in [6, 6.07) is 11.3. The van der Waals surface area contributed by atoms with Crippen LogP contribution in [0, 0.1) is 13.8 Å². The number of benzene rings is 3. The third kappa shape index (κ3) is 3.09. The smallest absolute Gasteiger partial charge is 0.335 e. The zero-order valence-corrected chi connectivity index (χ0v) is 14.7. The second-order valence-corrected chi connectivity index (χ2v) is 6.01. The van der Waals surface area contributed by atoms with E-state index in [4.69, 9.17) is 9.47 Å². The molecule has 3 aromatic carbocycles. The molecule has 0 atom stereocenters. The van der Waals surface area contributed by atoms with E-state index >= 15 is 0 Å². The van der Waals surface area contributed by atoms with Crippen LogP contribution < -0.4 is 9.47 Å². The maximum absolute atomic E-state index is 11.9. The number of esters is 2. The summed E-state index contributed by atoms with van der Waals surface area (Å²) < 4.78 is 11.1.